The highest BCUT2D eigenvalue weighted by Gasteiger charge is 2.29. The van der Waals surface area contributed by atoms with E-state index in [9.17, 15) is 9.59 Å². The molecule has 0 unspecified atom stereocenters. The van der Waals surface area contributed by atoms with E-state index in [1.54, 1.807) is 28.9 Å². The van der Waals surface area contributed by atoms with Crippen LogP contribution in [0.25, 0.3) is 0 Å². The van der Waals surface area contributed by atoms with Gasteiger partial charge in [0.15, 0.2) is 5.76 Å². The van der Waals surface area contributed by atoms with Crippen molar-refractivity contribution in [2.45, 2.75) is 31.1 Å². The summed E-state index contributed by atoms with van der Waals surface area (Å²) < 4.78 is 7.14. The lowest BCUT2D eigenvalue weighted by atomic mass is 9.94. The first-order chi connectivity index (χ1) is 12.1. The van der Waals surface area contributed by atoms with Crippen LogP contribution in [0.2, 0.25) is 0 Å². The molecule has 1 aliphatic rings. The van der Waals surface area contributed by atoms with Crippen molar-refractivity contribution in [3.8, 4) is 0 Å². The van der Waals surface area contributed by atoms with E-state index in [0.717, 1.165) is 30.0 Å². The Kier molecular flexibility index (Phi) is 5.47. The second kappa shape index (κ2) is 7.77. The van der Waals surface area contributed by atoms with Crippen LogP contribution in [-0.4, -0.2) is 51.0 Å². The molecule has 3 heterocycles. The van der Waals surface area contributed by atoms with Gasteiger partial charge in [0, 0.05) is 30.9 Å². The van der Waals surface area contributed by atoms with Gasteiger partial charge in [-0.3, -0.25) is 14.3 Å². The zero-order valence-corrected chi connectivity index (χ0v) is 14.9. The standard InChI is InChI=1S/C17H21N3O4S/c1-25-11-13-4-5-15(24-13)17(23)19-8-2-3-12(9-19)14-6-7-18-20(14)10-16(21)22/h4-7,12H,2-3,8-11H2,1H3,(H,21,22)/t12-/m1/s1. The van der Waals surface area contributed by atoms with Gasteiger partial charge in [0.1, 0.15) is 12.3 Å². The molecule has 0 aromatic carbocycles. The fourth-order valence-corrected chi connectivity index (χ4v) is 3.66. The predicted molar refractivity (Wildman–Crippen MR) is 93.7 cm³/mol. The van der Waals surface area contributed by atoms with Crippen molar-refractivity contribution in [2.24, 2.45) is 0 Å². The second-order valence-corrected chi connectivity index (χ2v) is 6.96. The average molecular weight is 363 g/mol. The molecule has 2 aromatic rings. The van der Waals surface area contributed by atoms with E-state index in [0.29, 0.717) is 18.8 Å². The van der Waals surface area contributed by atoms with Gasteiger partial charge in [-0.05, 0) is 37.3 Å². The SMILES string of the molecule is CSCc1ccc(C(=O)N2CCC[C@@H](c3ccnn3CC(=O)O)C2)o1. The minimum atomic E-state index is -0.925. The zero-order chi connectivity index (χ0) is 17.8. The summed E-state index contributed by atoms with van der Waals surface area (Å²) in [5.41, 5.74) is 0.863. The Morgan fingerprint density at radius 1 is 1.40 bits per heavy atom. The van der Waals surface area contributed by atoms with Gasteiger partial charge >= 0.3 is 5.97 Å². The van der Waals surface area contributed by atoms with Crippen molar-refractivity contribution in [3.63, 3.8) is 0 Å². The molecule has 1 saturated heterocycles. The lowest BCUT2D eigenvalue weighted by Gasteiger charge is -2.32. The first kappa shape index (κ1) is 17.6. The van der Waals surface area contributed by atoms with Crippen molar-refractivity contribution in [2.75, 3.05) is 19.3 Å². The molecule has 134 valence electrons. The van der Waals surface area contributed by atoms with Crippen LogP contribution in [-0.2, 0) is 17.1 Å². The molecule has 0 spiro atoms. The molecule has 1 N–H and O–H groups in total. The Morgan fingerprint density at radius 3 is 3.00 bits per heavy atom. The number of furan rings is 1. The molecule has 2 aromatic heterocycles. The topological polar surface area (TPSA) is 88.6 Å². The largest absolute Gasteiger partial charge is 0.480 e. The molecule has 0 bridgehead atoms. The van der Waals surface area contributed by atoms with Crippen LogP contribution in [0.1, 0.15) is 40.8 Å². The maximum atomic E-state index is 12.7. The summed E-state index contributed by atoms with van der Waals surface area (Å²) in [6.07, 6.45) is 5.37. The van der Waals surface area contributed by atoms with E-state index in [1.165, 1.54) is 4.68 Å². The van der Waals surface area contributed by atoms with Gasteiger partial charge in [0.25, 0.3) is 5.91 Å². The van der Waals surface area contributed by atoms with Crippen molar-refractivity contribution in [1.29, 1.82) is 0 Å². The Labute approximate surface area is 150 Å². The molecule has 0 radical (unpaired) electrons. The van der Waals surface area contributed by atoms with Crippen LogP contribution in [0, 0.1) is 0 Å². The van der Waals surface area contributed by atoms with Crippen molar-refractivity contribution < 1.29 is 19.1 Å². The third kappa shape index (κ3) is 4.07. The Morgan fingerprint density at radius 2 is 2.24 bits per heavy atom. The number of hydrogen-bond acceptors (Lipinski definition) is 5. The lowest BCUT2D eigenvalue weighted by Crippen LogP contribution is -2.39. The highest BCUT2D eigenvalue weighted by atomic mass is 32.2. The van der Waals surface area contributed by atoms with Crippen molar-refractivity contribution >= 4 is 23.6 Å². The molecule has 1 amide bonds. The maximum Gasteiger partial charge on any atom is 0.325 e. The number of thioether (sulfide) groups is 1. The normalized spacial score (nSPS) is 17.6. The van der Waals surface area contributed by atoms with Gasteiger partial charge < -0.3 is 14.4 Å². The number of amides is 1. The third-order valence-electron chi connectivity index (χ3n) is 4.32. The molecule has 3 rings (SSSR count). The van der Waals surface area contributed by atoms with Gasteiger partial charge in [-0.15, -0.1) is 0 Å². The van der Waals surface area contributed by atoms with Crippen LogP contribution >= 0.6 is 11.8 Å². The number of aliphatic carboxylic acids is 1. The number of likely N-dealkylation sites (tertiary alicyclic amines) is 1. The number of carboxylic acids is 1. The van der Waals surface area contributed by atoms with Gasteiger partial charge in [-0.25, -0.2) is 0 Å². The Hall–Kier alpha value is -2.22. The summed E-state index contributed by atoms with van der Waals surface area (Å²) in [4.78, 5) is 25.5. The third-order valence-corrected chi connectivity index (χ3v) is 4.89. The second-order valence-electron chi connectivity index (χ2n) is 6.10. The van der Waals surface area contributed by atoms with Crippen LogP contribution in [0.5, 0.6) is 0 Å². The predicted octanol–water partition coefficient (Wildman–Crippen LogP) is 2.44. The molecule has 8 heteroatoms. The summed E-state index contributed by atoms with van der Waals surface area (Å²) in [5.74, 6) is 0.949. The monoisotopic (exact) mass is 363 g/mol. The van der Waals surface area contributed by atoms with Crippen LogP contribution in [0.3, 0.4) is 0 Å². The highest BCUT2D eigenvalue weighted by molar-refractivity contribution is 7.97. The van der Waals surface area contributed by atoms with Gasteiger partial charge in [-0.1, -0.05) is 0 Å². The van der Waals surface area contributed by atoms with Crippen LogP contribution in [0.15, 0.2) is 28.8 Å². The number of nitrogens with zero attached hydrogens (tertiary/aromatic N) is 3. The molecule has 1 atom stereocenters. The fourth-order valence-electron chi connectivity index (χ4n) is 3.22. The number of piperidine rings is 1. The Balaban J connectivity index is 1.71. The van der Waals surface area contributed by atoms with E-state index < -0.39 is 5.97 Å². The molecular weight excluding hydrogens is 342 g/mol. The minimum absolute atomic E-state index is 0.0835. The number of rotatable bonds is 6. The molecule has 1 fully saturated rings. The number of aromatic nitrogens is 2. The summed E-state index contributed by atoms with van der Waals surface area (Å²) in [5, 5.41) is 13.1. The van der Waals surface area contributed by atoms with Gasteiger partial charge in [-0.2, -0.15) is 16.9 Å². The van der Waals surface area contributed by atoms with Crippen LogP contribution < -0.4 is 0 Å². The summed E-state index contributed by atoms with van der Waals surface area (Å²) in [6.45, 7) is 1.06. The van der Waals surface area contributed by atoms with Crippen molar-refractivity contribution in [3.05, 3.63) is 41.6 Å². The average Bonchev–Trinajstić information content (AvgIpc) is 3.24. The summed E-state index contributed by atoms with van der Waals surface area (Å²) in [7, 11) is 0. The highest BCUT2D eigenvalue weighted by Crippen LogP contribution is 2.28. The Bertz CT molecular complexity index is 755. The molecule has 0 aliphatic carbocycles. The van der Waals surface area contributed by atoms with Crippen LogP contribution in [0.4, 0.5) is 0 Å². The number of carboxylic acid groups (broad SMARTS) is 1. The minimum Gasteiger partial charge on any atom is -0.480 e. The van der Waals surface area contributed by atoms with Crippen molar-refractivity contribution in [1.82, 2.24) is 14.7 Å². The first-order valence-corrected chi connectivity index (χ1v) is 9.58. The van der Waals surface area contributed by atoms with E-state index in [-0.39, 0.29) is 18.4 Å². The van der Waals surface area contributed by atoms with E-state index in [1.807, 2.05) is 18.4 Å². The van der Waals surface area contributed by atoms with E-state index in [2.05, 4.69) is 5.10 Å². The summed E-state index contributed by atoms with van der Waals surface area (Å²) in [6, 6.07) is 5.41. The van der Waals surface area contributed by atoms with Gasteiger partial charge in [0.2, 0.25) is 0 Å². The molecule has 25 heavy (non-hydrogen) atoms. The fraction of sp³-hybridized carbons (Fsp3) is 0.471. The molecule has 7 nitrogen and oxygen atoms in total. The molecule has 0 saturated carbocycles. The quantitative estimate of drug-likeness (QED) is 0.848. The maximum absolute atomic E-state index is 12.7. The number of carbonyl (C=O) groups is 2. The van der Waals surface area contributed by atoms with E-state index >= 15 is 0 Å². The smallest absolute Gasteiger partial charge is 0.325 e. The summed E-state index contributed by atoms with van der Waals surface area (Å²) >= 11 is 1.64. The molecular formula is C17H21N3O4S. The van der Waals surface area contributed by atoms with E-state index in [4.69, 9.17) is 9.52 Å². The lowest BCUT2D eigenvalue weighted by molar-refractivity contribution is -0.137. The number of hydrogen-bond donors (Lipinski definition) is 1. The first-order valence-electron chi connectivity index (χ1n) is 8.19. The zero-order valence-electron chi connectivity index (χ0n) is 14.1. The van der Waals surface area contributed by atoms with Gasteiger partial charge in [0.05, 0.1) is 5.75 Å². The number of carbonyl (C=O) groups excluding carboxylic acids is 1. The molecule has 1 aliphatic heterocycles.